The number of carboxylic acid groups (broad SMARTS) is 1. The first-order valence-electron chi connectivity index (χ1n) is 6.24. The largest absolute Gasteiger partial charge is 0.481 e. The van der Waals surface area contributed by atoms with Crippen molar-refractivity contribution in [3.63, 3.8) is 0 Å². The van der Waals surface area contributed by atoms with Crippen molar-refractivity contribution >= 4 is 5.97 Å². The molecule has 3 N–H and O–H groups in total. The SMILES string of the molecule is NC(c1ccc2c(c1)CCC2)C1(C(=O)O)CC1. The Morgan fingerprint density at radius 1 is 1.29 bits per heavy atom. The lowest BCUT2D eigenvalue weighted by atomic mass is 9.89. The molecule has 0 heterocycles. The van der Waals surface area contributed by atoms with Crippen LogP contribution in [0.1, 0.15) is 42.0 Å². The van der Waals surface area contributed by atoms with Crippen LogP contribution in [-0.4, -0.2) is 11.1 Å². The lowest BCUT2D eigenvalue weighted by molar-refractivity contribution is -0.144. The highest BCUT2D eigenvalue weighted by molar-refractivity contribution is 5.79. The van der Waals surface area contributed by atoms with Gasteiger partial charge in [-0.2, -0.15) is 0 Å². The standard InChI is InChI=1S/C14H17NO2/c15-12(14(6-7-14)13(16)17)11-5-4-9-2-1-3-10(9)8-11/h4-5,8,12H,1-3,6-7,15H2,(H,16,17). The summed E-state index contributed by atoms with van der Waals surface area (Å²) in [6.07, 6.45) is 4.88. The van der Waals surface area contributed by atoms with E-state index in [2.05, 4.69) is 12.1 Å². The van der Waals surface area contributed by atoms with E-state index in [1.165, 1.54) is 17.5 Å². The van der Waals surface area contributed by atoms with Crippen LogP contribution in [0.25, 0.3) is 0 Å². The van der Waals surface area contributed by atoms with Gasteiger partial charge in [-0.05, 0) is 48.8 Å². The van der Waals surface area contributed by atoms with E-state index >= 15 is 0 Å². The number of rotatable bonds is 3. The molecular weight excluding hydrogens is 214 g/mol. The quantitative estimate of drug-likeness (QED) is 0.836. The molecule has 0 amide bonds. The van der Waals surface area contributed by atoms with Crippen LogP contribution in [0.5, 0.6) is 0 Å². The summed E-state index contributed by atoms with van der Waals surface area (Å²) in [5.74, 6) is -0.745. The Bertz CT molecular complexity index is 477. The number of carbonyl (C=O) groups is 1. The number of aliphatic carboxylic acids is 1. The molecule has 1 aromatic carbocycles. The van der Waals surface area contributed by atoms with E-state index in [-0.39, 0.29) is 6.04 Å². The van der Waals surface area contributed by atoms with Crippen molar-refractivity contribution in [3.8, 4) is 0 Å². The number of hydrogen-bond donors (Lipinski definition) is 2. The van der Waals surface area contributed by atoms with E-state index in [1.807, 2.05) is 6.07 Å². The van der Waals surface area contributed by atoms with E-state index in [9.17, 15) is 9.90 Å². The van der Waals surface area contributed by atoms with Crippen molar-refractivity contribution in [1.29, 1.82) is 0 Å². The molecule has 0 aliphatic heterocycles. The van der Waals surface area contributed by atoms with Gasteiger partial charge in [0.05, 0.1) is 5.41 Å². The van der Waals surface area contributed by atoms with E-state index in [4.69, 9.17) is 5.73 Å². The van der Waals surface area contributed by atoms with Gasteiger partial charge in [0.2, 0.25) is 0 Å². The lowest BCUT2D eigenvalue weighted by Gasteiger charge is -2.20. The summed E-state index contributed by atoms with van der Waals surface area (Å²) in [6, 6.07) is 5.90. The fraction of sp³-hybridized carbons (Fsp3) is 0.500. The maximum absolute atomic E-state index is 11.3. The monoisotopic (exact) mass is 231 g/mol. The van der Waals surface area contributed by atoms with Crippen LogP contribution in [0.2, 0.25) is 0 Å². The van der Waals surface area contributed by atoms with Crippen molar-refractivity contribution in [2.75, 3.05) is 0 Å². The maximum atomic E-state index is 11.3. The molecule has 0 aromatic heterocycles. The first-order chi connectivity index (χ1) is 8.13. The maximum Gasteiger partial charge on any atom is 0.311 e. The van der Waals surface area contributed by atoms with Gasteiger partial charge >= 0.3 is 5.97 Å². The van der Waals surface area contributed by atoms with Gasteiger partial charge in [0, 0.05) is 6.04 Å². The van der Waals surface area contributed by atoms with Crippen LogP contribution in [0, 0.1) is 5.41 Å². The summed E-state index contributed by atoms with van der Waals surface area (Å²) >= 11 is 0. The topological polar surface area (TPSA) is 63.3 Å². The summed E-state index contributed by atoms with van der Waals surface area (Å²) in [5, 5.41) is 9.25. The summed E-state index contributed by atoms with van der Waals surface area (Å²) in [5.41, 5.74) is 9.22. The summed E-state index contributed by atoms with van der Waals surface area (Å²) in [7, 11) is 0. The zero-order valence-electron chi connectivity index (χ0n) is 9.78. The lowest BCUT2D eigenvalue weighted by Crippen LogP contribution is -2.29. The molecule has 3 heteroatoms. The second-order valence-corrected chi connectivity index (χ2v) is 5.32. The number of aryl methyl sites for hydroxylation is 2. The molecular formula is C14H17NO2. The Hall–Kier alpha value is -1.35. The third kappa shape index (κ3) is 1.57. The van der Waals surface area contributed by atoms with E-state index in [1.54, 1.807) is 0 Å². The fourth-order valence-electron chi connectivity index (χ4n) is 2.90. The predicted molar refractivity (Wildman–Crippen MR) is 64.7 cm³/mol. The number of fused-ring (bicyclic) bond motifs is 1. The average Bonchev–Trinajstić information content (AvgIpc) is 3.00. The highest BCUT2D eigenvalue weighted by Crippen LogP contribution is 2.54. The minimum absolute atomic E-state index is 0.356. The molecule has 1 saturated carbocycles. The number of benzene rings is 1. The van der Waals surface area contributed by atoms with Gasteiger partial charge in [0.15, 0.2) is 0 Å². The first-order valence-corrected chi connectivity index (χ1v) is 6.24. The van der Waals surface area contributed by atoms with Gasteiger partial charge < -0.3 is 10.8 Å². The third-order valence-corrected chi connectivity index (χ3v) is 4.29. The molecule has 2 aliphatic carbocycles. The summed E-state index contributed by atoms with van der Waals surface area (Å²) in [4.78, 5) is 11.3. The molecule has 3 nitrogen and oxygen atoms in total. The second-order valence-electron chi connectivity index (χ2n) is 5.32. The normalized spacial score (nSPS) is 21.9. The Morgan fingerprint density at radius 3 is 2.65 bits per heavy atom. The molecule has 1 fully saturated rings. The van der Waals surface area contributed by atoms with Gasteiger partial charge in [0.25, 0.3) is 0 Å². The zero-order valence-corrected chi connectivity index (χ0v) is 9.78. The third-order valence-electron chi connectivity index (χ3n) is 4.29. The molecule has 1 atom stereocenters. The van der Waals surface area contributed by atoms with E-state index < -0.39 is 11.4 Å². The van der Waals surface area contributed by atoms with Crippen LogP contribution in [0.3, 0.4) is 0 Å². The second kappa shape index (κ2) is 3.57. The van der Waals surface area contributed by atoms with Gasteiger partial charge in [0.1, 0.15) is 0 Å². The molecule has 0 bridgehead atoms. The Morgan fingerprint density at radius 2 is 2.00 bits per heavy atom. The summed E-state index contributed by atoms with van der Waals surface area (Å²) < 4.78 is 0. The molecule has 90 valence electrons. The number of carboxylic acids is 1. The van der Waals surface area contributed by atoms with E-state index in [0.29, 0.717) is 12.8 Å². The van der Waals surface area contributed by atoms with Gasteiger partial charge in [-0.15, -0.1) is 0 Å². The van der Waals surface area contributed by atoms with Gasteiger partial charge in [-0.3, -0.25) is 4.79 Å². The predicted octanol–water partition coefficient (Wildman–Crippen LogP) is 2.04. The molecule has 17 heavy (non-hydrogen) atoms. The smallest absolute Gasteiger partial charge is 0.311 e. The molecule has 3 rings (SSSR count). The van der Waals surface area contributed by atoms with Gasteiger partial charge in [-0.1, -0.05) is 18.2 Å². The Labute approximate surface area is 101 Å². The van der Waals surface area contributed by atoms with Crippen LogP contribution in [0.15, 0.2) is 18.2 Å². The molecule has 0 saturated heterocycles. The van der Waals surface area contributed by atoms with Crippen molar-refractivity contribution in [1.82, 2.24) is 0 Å². The van der Waals surface area contributed by atoms with E-state index in [0.717, 1.165) is 18.4 Å². The first kappa shape index (κ1) is 10.8. The highest BCUT2D eigenvalue weighted by Gasteiger charge is 2.55. The molecule has 0 spiro atoms. The Balaban J connectivity index is 1.92. The molecule has 1 unspecified atom stereocenters. The summed E-state index contributed by atoms with van der Waals surface area (Å²) in [6.45, 7) is 0. The number of hydrogen-bond acceptors (Lipinski definition) is 2. The van der Waals surface area contributed by atoms with Crippen molar-refractivity contribution in [2.24, 2.45) is 11.1 Å². The molecule has 0 radical (unpaired) electrons. The van der Waals surface area contributed by atoms with Crippen LogP contribution in [-0.2, 0) is 17.6 Å². The molecule has 2 aliphatic rings. The van der Waals surface area contributed by atoms with Crippen LogP contribution < -0.4 is 5.73 Å². The van der Waals surface area contributed by atoms with Crippen molar-refractivity contribution < 1.29 is 9.90 Å². The fourth-order valence-corrected chi connectivity index (χ4v) is 2.90. The average molecular weight is 231 g/mol. The van der Waals surface area contributed by atoms with Gasteiger partial charge in [-0.25, -0.2) is 0 Å². The molecule has 1 aromatic rings. The highest BCUT2D eigenvalue weighted by atomic mass is 16.4. The minimum Gasteiger partial charge on any atom is -0.481 e. The zero-order chi connectivity index (χ0) is 12.0. The van der Waals surface area contributed by atoms with Crippen LogP contribution in [0.4, 0.5) is 0 Å². The van der Waals surface area contributed by atoms with Crippen molar-refractivity contribution in [2.45, 2.75) is 38.1 Å². The minimum atomic E-state index is -0.745. The number of nitrogens with two attached hydrogens (primary N) is 1. The van der Waals surface area contributed by atoms with Crippen molar-refractivity contribution in [3.05, 3.63) is 34.9 Å². The van der Waals surface area contributed by atoms with Crippen LogP contribution >= 0.6 is 0 Å². The Kier molecular flexibility index (Phi) is 2.26.